The van der Waals surface area contributed by atoms with Crippen molar-refractivity contribution in [2.24, 2.45) is 11.3 Å². The van der Waals surface area contributed by atoms with Crippen molar-refractivity contribution in [2.75, 3.05) is 6.61 Å². The van der Waals surface area contributed by atoms with E-state index in [2.05, 4.69) is 26.1 Å². The van der Waals surface area contributed by atoms with Gasteiger partial charge in [0, 0.05) is 36.9 Å². The number of hydrogen-bond acceptors (Lipinski definition) is 8. The van der Waals surface area contributed by atoms with Gasteiger partial charge in [-0.15, -0.1) is 0 Å². The number of nitrogens with zero attached hydrogens (tertiary/aromatic N) is 1. The summed E-state index contributed by atoms with van der Waals surface area (Å²) in [5.74, 6) is -2.75. The third-order valence-electron chi connectivity index (χ3n) is 7.73. The van der Waals surface area contributed by atoms with Gasteiger partial charge in [-0.05, 0) is 56.4 Å². The molecule has 1 aliphatic carbocycles. The molecule has 2 aliphatic heterocycles. The molecule has 1 saturated heterocycles. The summed E-state index contributed by atoms with van der Waals surface area (Å²) in [6, 6.07) is 6.02. The zero-order chi connectivity index (χ0) is 27.8. The van der Waals surface area contributed by atoms with Gasteiger partial charge in [-0.3, -0.25) is 10.1 Å². The first-order valence-electron chi connectivity index (χ1n) is 13.3. The average Bonchev–Trinajstić information content (AvgIpc) is 3.22. The van der Waals surface area contributed by atoms with E-state index in [4.69, 9.17) is 14.2 Å². The average molecular weight is 527 g/mol. The number of dihydropyridines is 1. The van der Waals surface area contributed by atoms with Crippen molar-refractivity contribution in [3.05, 3.63) is 62.5 Å². The highest BCUT2D eigenvalue weighted by molar-refractivity contribution is 6.00. The van der Waals surface area contributed by atoms with E-state index >= 15 is 0 Å². The van der Waals surface area contributed by atoms with Crippen LogP contribution in [0.5, 0.6) is 0 Å². The van der Waals surface area contributed by atoms with Gasteiger partial charge in [0.05, 0.1) is 28.6 Å². The van der Waals surface area contributed by atoms with Crippen LogP contribution in [0.1, 0.15) is 85.1 Å². The molecular formula is C29H38N2O7. The van der Waals surface area contributed by atoms with Crippen LogP contribution in [0.25, 0.3) is 0 Å². The van der Waals surface area contributed by atoms with Crippen LogP contribution in [-0.4, -0.2) is 35.4 Å². The summed E-state index contributed by atoms with van der Waals surface area (Å²) in [6.07, 6.45) is 3.61. The van der Waals surface area contributed by atoms with Crippen LogP contribution in [0.15, 0.2) is 46.8 Å². The molecule has 1 aromatic rings. The molecule has 0 bridgehead atoms. The first-order chi connectivity index (χ1) is 17.8. The maximum absolute atomic E-state index is 13.8. The minimum absolute atomic E-state index is 0.0402. The van der Waals surface area contributed by atoms with Crippen LogP contribution in [0.4, 0.5) is 5.69 Å². The lowest BCUT2D eigenvalue weighted by Gasteiger charge is -2.39. The van der Waals surface area contributed by atoms with Crippen LogP contribution in [0.3, 0.4) is 0 Å². The summed E-state index contributed by atoms with van der Waals surface area (Å²) >= 11 is 0. The zero-order valence-electron chi connectivity index (χ0n) is 23.1. The molecule has 0 radical (unpaired) electrons. The van der Waals surface area contributed by atoms with Gasteiger partial charge in [-0.2, -0.15) is 0 Å². The first kappa shape index (κ1) is 27.8. The lowest BCUT2D eigenvalue weighted by atomic mass is 9.71. The van der Waals surface area contributed by atoms with E-state index in [0.29, 0.717) is 35.9 Å². The molecule has 4 unspecified atom stereocenters. The Kier molecular flexibility index (Phi) is 7.70. The quantitative estimate of drug-likeness (QED) is 0.287. The molecule has 0 amide bonds. The summed E-state index contributed by atoms with van der Waals surface area (Å²) in [6.45, 7) is 12.2. The van der Waals surface area contributed by atoms with Crippen LogP contribution in [0, 0.1) is 21.4 Å². The fourth-order valence-corrected chi connectivity index (χ4v) is 6.33. The molecule has 9 nitrogen and oxygen atoms in total. The third-order valence-corrected chi connectivity index (χ3v) is 7.73. The molecule has 2 fully saturated rings. The second-order valence-corrected chi connectivity index (χ2v) is 11.9. The van der Waals surface area contributed by atoms with Gasteiger partial charge >= 0.3 is 11.9 Å². The number of nitro groups is 1. The van der Waals surface area contributed by atoms with E-state index in [-0.39, 0.29) is 28.4 Å². The van der Waals surface area contributed by atoms with Crippen molar-refractivity contribution in [3.63, 3.8) is 0 Å². The number of hydrogen-bond donors (Lipinski definition) is 1. The van der Waals surface area contributed by atoms with Crippen molar-refractivity contribution in [1.82, 2.24) is 5.32 Å². The third kappa shape index (κ3) is 5.93. The Labute approximate surface area is 223 Å². The van der Waals surface area contributed by atoms with E-state index in [9.17, 15) is 19.7 Å². The largest absolute Gasteiger partial charge is 0.459 e. The van der Waals surface area contributed by atoms with Crippen LogP contribution in [0.2, 0.25) is 0 Å². The predicted octanol–water partition coefficient (Wildman–Crippen LogP) is 5.66. The summed E-state index contributed by atoms with van der Waals surface area (Å²) in [5, 5.41) is 14.8. The molecule has 4 atom stereocenters. The normalized spacial score (nSPS) is 29.1. The number of nitro benzene ring substituents is 1. The number of nitrogens with one attached hydrogen (secondary N) is 1. The second kappa shape index (κ2) is 10.5. The molecule has 0 spiro atoms. The van der Waals surface area contributed by atoms with Gasteiger partial charge in [0.2, 0.25) is 5.79 Å². The summed E-state index contributed by atoms with van der Waals surface area (Å²) in [5.41, 5.74) is 1.84. The molecule has 1 N–H and O–H groups in total. The Morgan fingerprint density at radius 3 is 2.39 bits per heavy atom. The standard InChI is InChI=1S/C29H38N2O7/c1-17-13-22(16-28(4,5)15-17)37-26(32)23-18(2)30-19(3)24(27(33)38-29(6)11-8-12-36-29)25(23)20-9-7-10-21(14-20)31(34)35/h7,9-10,14,17,22,25,30H,8,11-13,15-16H2,1-6H3. The van der Waals surface area contributed by atoms with Gasteiger partial charge in [0.25, 0.3) is 5.69 Å². The van der Waals surface area contributed by atoms with Crippen molar-refractivity contribution >= 4 is 17.6 Å². The Balaban J connectivity index is 1.74. The van der Waals surface area contributed by atoms with Gasteiger partial charge in [-0.25, -0.2) is 9.59 Å². The number of carbonyl (C=O) groups is 2. The predicted molar refractivity (Wildman–Crippen MR) is 141 cm³/mol. The number of esters is 2. The topological polar surface area (TPSA) is 117 Å². The number of rotatable bonds is 6. The number of carbonyl (C=O) groups excluding carboxylic acids is 2. The van der Waals surface area contributed by atoms with Crippen molar-refractivity contribution in [2.45, 2.75) is 91.5 Å². The van der Waals surface area contributed by atoms with Crippen molar-refractivity contribution in [1.29, 1.82) is 0 Å². The fourth-order valence-electron chi connectivity index (χ4n) is 6.33. The molecule has 1 aromatic carbocycles. The van der Waals surface area contributed by atoms with Gasteiger partial charge in [0.15, 0.2) is 0 Å². The first-order valence-corrected chi connectivity index (χ1v) is 13.3. The zero-order valence-corrected chi connectivity index (χ0v) is 23.1. The molecule has 206 valence electrons. The number of non-ortho nitro benzene ring substituents is 1. The van der Waals surface area contributed by atoms with E-state index < -0.39 is 28.6 Å². The van der Waals surface area contributed by atoms with Gasteiger partial charge in [0.1, 0.15) is 6.10 Å². The summed E-state index contributed by atoms with van der Waals surface area (Å²) < 4.78 is 17.6. The molecule has 38 heavy (non-hydrogen) atoms. The lowest BCUT2D eigenvalue weighted by molar-refractivity contribution is -0.384. The second-order valence-electron chi connectivity index (χ2n) is 11.9. The highest BCUT2D eigenvalue weighted by atomic mass is 16.7. The Morgan fingerprint density at radius 2 is 1.79 bits per heavy atom. The van der Waals surface area contributed by atoms with E-state index in [0.717, 1.165) is 25.7 Å². The maximum atomic E-state index is 13.8. The smallest absolute Gasteiger partial charge is 0.339 e. The Bertz CT molecular complexity index is 1190. The fraction of sp³-hybridized carbons (Fsp3) is 0.586. The summed E-state index contributed by atoms with van der Waals surface area (Å²) in [7, 11) is 0. The molecule has 1 saturated carbocycles. The van der Waals surface area contributed by atoms with Crippen molar-refractivity contribution in [3.8, 4) is 0 Å². The van der Waals surface area contributed by atoms with Gasteiger partial charge < -0.3 is 19.5 Å². The molecule has 2 heterocycles. The van der Waals surface area contributed by atoms with E-state index in [1.54, 1.807) is 32.9 Å². The van der Waals surface area contributed by atoms with E-state index in [1.165, 1.54) is 12.1 Å². The Morgan fingerprint density at radius 1 is 1.11 bits per heavy atom. The van der Waals surface area contributed by atoms with Crippen LogP contribution >= 0.6 is 0 Å². The summed E-state index contributed by atoms with van der Waals surface area (Å²) in [4.78, 5) is 38.6. The maximum Gasteiger partial charge on any atom is 0.339 e. The molecule has 3 aliphatic rings. The monoisotopic (exact) mass is 526 g/mol. The Hall–Kier alpha value is -3.20. The lowest BCUT2D eigenvalue weighted by Crippen LogP contribution is -2.38. The van der Waals surface area contributed by atoms with Gasteiger partial charge in [-0.1, -0.05) is 32.9 Å². The molecule has 0 aromatic heterocycles. The highest BCUT2D eigenvalue weighted by Gasteiger charge is 2.43. The van der Waals surface area contributed by atoms with Crippen molar-refractivity contribution < 1.29 is 28.7 Å². The number of benzene rings is 1. The number of ether oxygens (including phenoxy) is 3. The number of allylic oxidation sites excluding steroid dienone is 2. The molecule has 9 heteroatoms. The molecular weight excluding hydrogens is 488 g/mol. The minimum atomic E-state index is -1.07. The minimum Gasteiger partial charge on any atom is -0.459 e. The van der Waals surface area contributed by atoms with Crippen LogP contribution in [-0.2, 0) is 23.8 Å². The molecule has 4 rings (SSSR count). The van der Waals surface area contributed by atoms with E-state index in [1.807, 2.05) is 0 Å². The SMILES string of the molecule is CC1=C(C(=O)OC2CC(C)CC(C)(C)C2)C(c2cccc([N+](=O)[O-])c2)C(C(=O)OC2(C)CCCO2)=C(C)N1. The van der Waals surface area contributed by atoms with Crippen LogP contribution < -0.4 is 5.32 Å². The highest BCUT2D eigenvalue weighted by Crippen LogP contribution is 2.43.